The minimum atomic E-state index is -0.687. The number of hydrogen-bond donors (Lipinski definition) is 1. The molecule has 2 heteroatoms. The van der Waals surface area contributed by atoms with Crippen LogP contribution in [-0.2, 0) is 4.79 Å². The summed E-state index contributed by atoms with van der Waals surface area (Å²) in [7, 11) is 0. The molecule has 0 fully saturated rings. The van der Waals surface area contributed by atoms with Gasteiger partial charge in [-0.25, -0.2) is 0 Å². The van der Waals surface area contributed by atoms with Gasteiger partial charge in [0.05, 0.1) is 0 Å². The number of unbranched alkanes of at least 4 members (excludes halogenated alkanes) is 4. The molecule has 1 rings (SSSR count). The molecule has 2 unspecified atom stereocenters. The van der Waals surface area contributed by atoms with Crippen LogP contribution in [0.2, 0.25) is 0 Å². The summed E-state index contributed by atoms with van der Waals surface area (Å²) in [5.74, 6) is 0.784. The summed E-state index contributed by atoms with van der Waals surface area (Å²) < 4.78 is 0. The molecule has 0 heterocycles. The molecular formula is C18H30O2. The van der Waals surface area contributed by atoms with Crippen molar-refractivity contribution < 1.29 is 9.90 Å². The predicted octanol–water partition coefficient (Wildman–Crippen LogP) is 5.35. The number of carboxylic acid groups (broad SMARTS) is 1. The van der Waals surface area contributed by atoms with Crippen LogP contribution in [0.3, 0.4) is 0 Å². The fourth-order valence-electron chi connectivity index (χ4n) is 2.93. The molecule has 1 N–H and O–H groups in total. The molecule has 114 valence electrons. The lowest BCUT2D eigenvalue weighted by molar-refractivity contribution is -0.137. The molecule has 0 spiro atoms. The lowest BCUT2D eigenvalue weighted by Crippen LogP contribution is -2.14. The van der Waals surface area contributed by atoms with Gasteiger partial charge in [0, 0.05) is 6.42 Å². The smallest absolute Gasteiger partial charge is 0.303 e. The molecule has 0 aromatic rings. The van der Waals surface area contributed by atoms with E-state index in [0.717, 1.165) is 25.2 Å². The van der Waals surface area contributed by atoms with Crippen LogP contribution in [-0.4, -0.2) is 11.1 Å². The number of allylic oxidation sites excluding steroid dienone is 4. The van der Waals surface area contributed by atoms with Crippen molar-refractivity contribution in [3.8, 4) is 0 Å². The summed E-state index contributed by atoms with van der Waals surface area (Å²) in [6.07, 6.45) is 20.2. The summed E-state index contributed by atoms with van der Waals surface area (Å²) in [4.78, 5) is 10.5. The molecule has 2 nitrogen and oxygen atoms in total. The second-order valence-corrected chi connectivity index (χ2v) is 5.93. The van der Waals surface area contributed by atoms with Gasteiger partial charge in [-0.3, -0.25) is 4.79 Å². The normalized spacial score (nSPS) is 22.4. The molecule has 20 heavy (non-hydrogen) atoms. The summed E-state index contributed by atoms with van der Waals surface area (Å²) >= 11 is 0. The van der Waals surface area contributed by atoms with Gasteiger partial charge in [0.1, 0.15) is 0 Å². The van der Waals surface area contributed by atoms with Crippen molar-refractivity contribution in [2.75, 3.05) is 0 Å². The first-order chi connectivity index (χ1) is 9.74. The second kappa shape index (κ2) is 10.7. The van der Waals surface area contributed by atoms with E-state index in [1.165, 1.54) is 38.5 Å². The minimum absolute atomic E-state index is 0.287. The minimum Gasteiger partial charge on any atom is -0.481 e. The third-order valence-corrected chi connectivity index (χ3v) is 4.19. The second-order valence-electron chi connectivity index (χ2n) is 5.93. The summed E-state index contributed by atoms with van der Waals surface area (Å²) in [5.41, 5.74) is 0. The highest BCUT2D eigenvalue weighted by atomic mass is 16.4. The van der Waals surface area contributed by atoms with Gasteiger partial charge in [0.25, 0.3) is 0 Å². The third kappa shape index (κ3) is 7.52. The monoisotopic (exact) mass is 278 g/mol. The van der Waals surface area contributed by atoms with Gasteiger partial charge in [-0.05, 0) is 43.9 Å². The Morgan fingerprint density at radius 1 is 1.20 bits per heavy atom. The van der Waals surface area contributed by atoms with E-state index < -0.39 is 5.97 Å². The van der Waals surface area contributed by atoms with Crippen LogP contribution < -0.4 is 0 Å². The van der Waals surface area contributed by atoms with Crippen molar-refractivity contribution in [1.29, 1.82) is 0 Å². The van der Waals surface area contributed by atoms with Crippen molar-refractivity contribution in [1.82, 2.24) is 0 Å². The molecule has 0 saturated carbocycles. The van der Waals surface area contributed by atoms with E-state index >= 15 is 0 Å². The molecule has 0 aliphatic heterocycles. The zero-order chi connectivity index (χ0) is 14.6. The van der Waals surface area contributed by atoms with Gasteiger partial charge in [-0.15, -0.1) is 0 Å². The Kier molecular flexibility index (Phi) is 9.10. The summed E-state index contributed by atoms with van der Waals surface area (Å²) in [6.45, 7) is 2.26. The van der Waals surface area contributed by atoms with Gasteiger partial charge >= 0.3 is 5.97 Å². The molecule has 0 radical (unpaired) electrons. The van der Waals surface area contributed by atoms with Gasteiger partial charge in [0.2, 0.25) is 0 Å². The Labute approximate surface area is 124 Å². The fourth-order valence-corrected chi connectivity index (χ4v) is 2.93. The van der Waals surface area contributed by atoms with Gasteiger partial charge in [-0.2, -0.15) is 0 Å². The maximum absolute atomic E-state index is 10.5. The van der Waals surface area contributed by atoms with Crippen LogP contribution in [0.25, 0.3) is 0 Å². The van der Waals surface area contributed by atoms with E-state index in [9.17, 15) is 4.79 Å². The Bertz CT molecular complexity index is 317. The fraction of sp³-hybridized carbons (Fsp3) is 0.722. The van der Waals surface area contributed by atoms with Gasteiger partial charge in [0.15, 0.2) is 0 Å². The predicted molar refractivity (Wildman–Crippen MR) is 84.7 cm³/mol. The molecule has 0 amide bonds. The molecule has 0 aromatic heterocycles. The molecule has 0 bridgehead atoms. The zero-order valence-corrected chi connectivity index (χ0v) is 12.9. The molecular weight excluding hydrogens is 248 g/mol. The van der Waals surface area contributed by atoms with Crippen LogP contribution in [0.5, 0.6) is 0 Å². The Balaban J connectivity index is 2.27. The number of rotatable bonds is 10. The Hall–Kier alpha value is -1.05. The van der Waals surface area contributed by atoms with Crippen LogP contribution in [0.15, 0.2) is 24.3 Å². The number of carboxylic acids is 1. The number of hydrogen-bond acceptors (Lipinski definition) is 1. The first-order valence-corrected chi connectivity index (χ1v) is 8.27. The van der Waals surface area contributed by atoms with Gasteiger partial charge < -0.3 is 5.11 Å². The third-order valence-electron chi connectivity index (χ3n) is 4.19. The van der Waals surface area contributed by atoms with Crippen LogP contribution in [0.1, 0.15) is 71.1 Å². The summed E-state index contributed by atoms with van der Waals surface area (Å²) in [6, 6.07) is 0. The lowest BCUT2D eigenvalue weighted by Gasteiger charge is -2.26. The van der Waals surface area contributed by atoms with Crippen LogP contribution in [0.4, 0.5) is 0 Å². The lowest BCUT2D eigenvalue weighted by atomic mass is 9.79. The highest BCUT2D eigenvalue weighted by Gasteiger charge is 2.19. The first kappa shape index (κ1) is 17.0. The van der Waals surface area contributed by atoms with Crippen molar-refractivity contribution in [3.63, 3.8) is 0 Å². The maximum Gasteiger partial charge on any atom is 0.303 e. The van der Waals surface area contributed by atoms with Crippen molar-refractivity contribution in [2.24, 2.45) is 11.8 Å². The van der Waals surface area contributed by atoms with Crippen molar-refractivity contribution in [3.05, 3.63) is 24.3 Å². The highest BCUT2D eigenvalue weighted by Crippen LogP contribution is 2.31. The van der Waals surface area contributed by atoms with E-state index in [1.807, 2.05) is 0 Å². The van der Waals surface area contributed by atoms with Crippen LogP contribution in [0, 0.1) is 11.8 Å². The van der Waals surface area contributed by atoms with E-state index in [1.54, 1.807) is 0 Å². The van der Waals surface area contributed by atoms with Crippen molar-refractivity contribution >= 4 is 5.97 Å². The average molecular weight is 278 g/mol. The van der Waals surface area contributed by atoms with E-state index in [-0.39, 0.29) is 6.42 Å². The number of aliphatic carboxylic acids is 1. The molecule has 0 saturated heterocycles. The average Bonchev–Trinajstić information content (AvgIpc) is 2.44. The highest BCUT2D eigenvalue weighted by molar-refractivity contribution is 5.66. The van der Waals surface area contributed by atoms with E-state index in [2.05, 4.69) is 31.2 Å². The molecule has 2 atom stereocenters. The molecule has 1 aliphatic carbocycles. The molecule has 0 aromatic carbocycles. The van der Waals surface area contributed by atoms with Gasteiger partial charge in [-0.1, -0.05) is 56.9 Å². The quantitative estimate of drug-likeness (QED) is 0.432. The maximum atomic E-state index is 10.5. The SMILES string of the molecule is CCCCCCC1CC=CCC1/C=C\CCCC(=O)O. The summed E-state index contributed by atoms with van der Waals surface area (Å²) in [5, 5.41) is 8.61. The van der Waals surface area contributed by atoms with E-state index in [4.69, 9.17) is 5.11 Å². The Morgan fingerprint density at radius 2 is 2.00 bits per heavy atom. The topological polar surface area (TPSA) is 37.3 Å². The largest absolute Gasteiger partial charge is 0.481 e. The first-order valence-electron chi connectivity index (χ1n) is 8.27. The Morgan fingerprint density at radius 3 is 2.75 bits per heavy atom. The number of carbonyl (C=O) groups is 1. The zero-order valence-electron chi connectivity index (χ0n) is 12.9. The standard InChI is InChI=1S/C18H30O2/c1-2-3-4-6-11-16-13-9-10-14-17(16)12-7-5-8-15-18(19)20/h7,9-10,12,16-17H,2-6,8,11,13-15H2,1H3,(H,19,20)/b12-7-. The van der Waals surface area contributed by atoms with Crippen molar-refractivity contribution in [2.45, 2.75) is 71.1 Å². The van der Waals surface area contributed by atoms with E-state index in [0.29, 0.717) is 5.92 Å². The van der Waals surface area contributed by atoms with Crippen LogP contribution >= 0.6 is 0 Å². The molecule has 1 aliphatic rings.